The summed E-state index contributed by atoms with van der Waals surface area (Å²) < 4.78 is 0. The SMILES string of the molecule is CC(C)N1CCc2c(sc3c2C(=O)NC(C=Cc2ccccc2)N3)C1. The molecule has 3 heterocycles. The molecule has 1 amide bonds. The van der Waals surface area contributed by atoms with Gasteiger partial charge in [0.2, 0.25) is 0 Å². The maximum Gasteiger partial charge on any atom is 0.256 e. The summed E-state index contributed by atoms with van der Waals surface area (Å²) in [6.45, 7) is 6.43. The molecule has 0 bridgehead atoms. The highest BCUT2D eigenvalue weighted by Gasteiger charge is 2.32. The fourth-order valence-electron chi connectivity index (χ4n) is 3.46. The van der Waals surface area contributed by atoms with Gasteiger partial charge in [0.25, 0.3) is 5.91 Å². The first-order valence-electron chi connectivity index (χ1n) is 8.81. The molecule has 2 aliphatic rings. The summed E-state index contributed by atoms with van der Waals surface area (Å²) >= 11 is 1.74. The van der Waals surface area contributed by atoms with Gasteiger partial charge in [0, 0.05) is 24.0 Å². The third-order valence-electron chi connectivity index (χ3n) is 4.90. The predicted octanol–water partition coefficient (Wildman–Crippen LogP) is 3.71. The van der Waals surface area contributed by atoms with E-state index in [-0.39, 0.29) is 12.1 Å². The Morgan fingerprint density at radius 1 is 1.24 bits per heavy atom. The van der Waals surface area contributed by atoms with E-state index in [0.29, 0.717) is 6.04 Å². The van der Waals surface area contributed by atoms with Crippen molar-refractivity contribution in [1.82, 2.24) is 10.2 Å². The number of hydrogen-bond donors (Lipinski definition) is 2. The van der Waals surface area contributed by atoms with Gasteiger partial charge in [-0.2, -0.15) is 0 Å². The molecule has 2 aromatic rings. The number of fused-ring (bicyclic) bond motifs is 3. The quantitative estimate of drug-likeness (QED) is 0.884. The van der Waals surface area contributed by atoms with Crippen LogP contribution in [0.1, 0.15) is 40.2 Å². The second-order valence-electron chi connectivity index (χ2n) is 6.89. The van der Waals surface area contributed by atoms with Gasteiger partial charge in [0.05, 0.1) is 5.56 Å². The summed E-state index contributed by atoms with van der Waals surface area (Å²) in [6.07, 6.45) is 4.84. The van der Waals surface area contributed by atoms with Gasteiger partial charge in [0.15, 0.2) is 0 Å². The molecule has 0 saturated heterocycles. The average molecular weight is 353 g/mol. The van der Waals surface area contributed by atoms with Crippen molar-refractivity contribution >= 4 is 28.3 Å². The van der Waals surface area contributed by atoms with Crippen molar-refractivity contribution in [3.05, 3.63) is 58.0 Å². The van der Waals surface area contributed by atoms with Crippen molar-refractivity contribution in [2.45, 2.75) is 39.0 Å². The lowest BCUT2D eigenvalue weighted by molar-refractivity contribution is 0.0942. The van der Waals surface area contributed by atoms with Gasteiger partial charge >= 0.3 is 0 Å². The molecule has 4 nitrogen and oxygen atoms in total. The van der Waals surface area contributed by atoms with Crippen molar-refractivity contribution in [3.63, 3.8) is 0 Å². The van der Waals surface area contributed by atoms with Crippen LogP contribution in [-0.4, -0.2) is 29.6 Å². The highest BCUT2D eigenvalue weighted by Crippen LogP contribution is 2.39. The lowest BCUT2D eigenvalue weighted by atomic mass is 10.0. The molecule has 0 saturated carbocycles. The van der Waals surface area contributed by atoms with E-state index in [1.807, 2.05) is 30.4 Å². The van der Waals surface area contributed by atoms with Crippen LogP contribution in [0.5, 0.6) is 0 Å². The third kappa shape index (κ3) is 3.22. The average Bonchev–Trinajstić information content (AvgIpc) is 2.98. The van der Waals surface area contributed by atoms with Crippen LogP contribution < -0.4 is 10.6 Å². The zero-order valence-corrected chi connectivity index (χ0v) is 15.4. The minimum absolute atomic E-state index is 0.0481. The van der Waals surface area contributed by atoms with E-state index in [0.717, 1.165) is 35.6 Å². The summed E-state index contributed by atoms with van der Waals surface area (Å²) in [4.78, 5) is 16.5. The van der Waals surface area contributed by atoms with E-state index in [4.69, 9.17) is 0 Å². The van der Waals surface area contributed by atoms with Crippen LogP contribution in [0.3, 0.4) is 0 Å². The Bertz CT molecular complexity index is 810. The number of nitrogens with one attached hydrogen (secondary N) is 2. The number of hydrogen-bond acceptors (Lipinski definition) is 4. The fraction of sp³-hybridized carbons (Fsp3) is 0.350. The molecule has 4 rings (SSSR count). The summed E-state index contributed by atoms with van der Waals surface area (Å²) in [6, 6.07) is 10.7. The van der Waals surface area contributed by atoms with Gasteiger partial charge in [-0.25, -0.2) is 0 Å². The standard InChI is InChI=1S/C20H23N3OS/c1-13(2)23-11-10-15-16(12-23)25-20-18(15)19(24)21-17(22-20)9-8-14-6-4-3-5-7-14/h3-9,13,17,22H,10-12H2,1-2H3,(H,21,24). The highest BCUT2D eigenvalue weighted by molar-refractivity contribution is 7.16. The van der Waals surface area contributed by atoms with Gasteiger partial charge in [-0.15, -0.1) is 11.3 Å². The number of carbonyl (C=O) groups is 1. The zero-order valence-electron chi connectivity index (χ0n) is 14.6. The predicted molar refractivity (Wildman–Crippen MR) is 104 cm³/mol. The molecule has 0 aliphatic carbocycles. The molecule has 0 radical (unpaired) electrons. The summed E-state index contributed by atoms with van der Waals surface area (Å²) in [5.41, 5.74) is 3.24. The maximum atomic E-state index is 12.7. The topological polar surface area (TPSA) is 44.4 Å². The lowest BCUT2D eigenvalue weighted by Crippen LogP contribution is -2.43. The largest absolute Gasteiger partial charge is 0.353 e. The Labute approximate surface area is 152 Å². The van der Waals surface area contributed by atoms with E-state index in [2.05, 4.69) is 41.5 Å². The van der Waals surface area contributed by atoms with E-state index in [1.54, 1.807) is 11.3 Å². The normalized spacial score (nSPS) is 20.3. The van der Waals surface area contributed by atoms with Crippen molar-refractivity contribution in [2.75, 3.05) is 11.9 Å². The molecule has 0 spiro atoms. The number of amides is 1. The van der Waals surface area contributed by atoms with Gasteiger partial charge in [-0.1, -0.05) is 36.4 Å². The summed E-state index contributed by atoms with van der Waals surface area (Å²) in [7, 11) is 0. The summed E-state index contributed by atoms with van der Waals surface area (Å²) in [5, 5.41) is 7.57. The first-order chi connectivity index (χ1) is 12.1. The molecule has 2 aliphatic heterocycles. The highest BCUT2D eigenvalue weighted by atomic mass is 32.1. The molecule has 1 atom stereocenters. The molecule has 25 heavy (non-hydrogen) atoms. The van der Waals surface area contributed by atoms with E-state index < -0.39 is 0 Å². The first kappa shape index (κ1) is 16.4. The van der Waals surface area contributed by atoms with E-state index in [9.17, 15) is 4.79 Å². The Morgan fingerprint density at radius 3 is 2.80 bits per heavy atom. The number of rotatable bonds is 3. The molecule has 0 fully saturated rings. The third-order valence-corrected chi connectivity index (χ3v) is 6.05. The van der Waals surface area contributed by atoms with Crippen LogP contribution in [0.2, 0.25) is 0 Å². The molecule has 2 N–H and O–H groups in total. The monoisotopic (exact) mass is 353 g/mol. The number of anilines is 1. The summed E-state index contributed by atoms with van der Waals surface area (Å²) in [5.74, 6) is 0.0481. The van der Waals surface area contributed by atoms with E-state index >= 15 is 0 Å². The molecule has 1 aromatic heterocycles. The van der Waals surface area contributed by atoms with Crippen LogP contribution in [0, 0.1) is 0 Å². The van der Waals surface area contributed by atoms with Crippen molar-refractivity contribution in [1.29, 1.82) is 0 Å². The Balaban J connectivity index is 1.56. The smallest absolute Gasteiger partial charge is 0.256 e. The number of nitrogens with zero attached hydrogens (tertiary/aromatic N) is 1. The van der Waals surface area contributed by atoms with Crippen LogP contribution in [0.4, 0.5) is 5.00 Å². The second-order valence-corrected chi connectivity index (χ2v) is 7.99. The number of thiophene rings is 1. The van der Waals surface area contributed by atoms with Gasteiger partial charge in [-0.3, -0.25) is 9.69 Å². The molecular formula is C20H23N3OS. The van der Waals surface area contributed by atoms with Crippen molar-refractivity contribution < 1.29 is 4.79 Å². The van der Waals surface area contributed by atoms with Crippen LogP contribution in [0.25, 0.3) is 6.08 Å². The number of benzene rings is 1. The van der Waals surface area contributed by atoms with Gasteiger partial charge in [-0.05, 0) is 37.5 Å². The first-order valence-corrected chi connectivity index (χ1v) is 9.62. The van der Waals surface area contributed by atoms with Crippen LogP contribution >= 0.6 is 11.3 Å². The molecule has 130 valence electrons. The van der Waals surface area contributed by atoms with Gasteiger partial charge in [0.1, 0.15) is 11.2 Å². The van der Waals surface area contributed by atoms with Crippen molar-refractivity contribution in [3.8, 4) is 0 Å². The number of carbonyl (C=O) groups excluding carboxylic acids is 1. The minimum atomic E-state index is -0.165. The molecule has 1 aromatic carbocycles. The molecule has 5 heteroatoms. The Morgan fingerprint density at radius 2 is 2.04 bits per heavy atom. The van der Waals surface area contributed by atoms with Gasteiger partial charge < -0.3 is 10.6 Å². The van der Waals surface area contributed by atoms with Crippen molar-refractivity contribution in [2.24, 2.45) is 0 Å². The maximum absolute atomic E-state index is 12.7. The lowest BCUT2D eigenvalue weighted by Gasteiger charge is -2.30. The minimum Gasteiger partial charge on any atom is -0.353 e. The Hall–Kier alpha value is -2.11. The zero-order chi connectivity index (χ0) is 17.4. The molecular weight excluding hydrogens is 330 g/mol. The van der Waals surface area contributed by atoms with Crippen LogP contribution in [-0.2, 0) is 13.0 Å². The second kappa shape index (κ2) is 6.65. The van der Waals surface area contributed by atoms with Crippen LogP contribution in [0.15, 0.2) is 36.4 Å². The fourth-order valence-corrected chi connectivity index (χ4v) is 4.77. The van der Waals surface area contributed by atoms with E-state index in [1.165, 1.54) is 10.4 Å². The molecule has 1 unspecified atom stereocenters. The Kier molecular flexibility index (Phi) is 4.36.